The molecule has 0 radical (unpaired) electrons. The predicted molar refractivity (Wildman–Crippen MR) is 100 cm³/mol. The molecule has 2 heterocycles. The number of hydrogen-bond donors (Lipinski definition) is 1. The van der Waals surface area contributed by atoms with Gasteiger partial charge in [-0.2, -0.15) is 16.3 Å². The van der Waals surface area contributed by atoms with E-state index in [1.54, 1.807) is 17.4 Å². The number of aromatic nitrogens is 2. The van der Waals surface area contributed by atoms with Crippen molar-refractivity contribution >= 4 is 40.2 Å². The number of anilines is 2. The van der Waals surface area contributed by atoms with E-state index in [1.807, 2.05) is 48.0 Å². The van der Waals surface area contributed by atoms with Crippen LogP contribution >= 0.6 is 22.9 Å². The molecule has 6 nitrogen and oxygen atoms in total. The molecule has 130 valence electrons. The lowest BCUT2D eigenvalue weighted by atomic mass is 10.2. The van der Waals surface area contributed by atoms with E-state index in [4.69, 9.17) is 16.1 Å². The highest BCUT2D eigenvalue weighted by Crippen LogP contribution is 2.27. The molecular formula is C17H17ClN4O2S. The molecule has 0 atom stereocenters. The van der Waals surface area contributed by atoms with E-state index in [0.29, 0.717) is 28.8 Å². The van der Waals surface area contributed by atoms with Crippen LogP contribution in [0.15, 0.2) is 39.5 Å². The summed E-state index contributed by atoms with van der Waals surface area (Å²) in [5.74, 6) is 0.851. The first kappa shape index (κ1) is 17.4. The third kappa shape index (κ3) is 4.37. The second-order valence-electron chi connectivity index (χ2n) is 5.63. The number of thiophene rings is 1. The Labute approximate surface area is 154 Å². The van der Waals surface area contributed by atoms with Crippen LogP contribution in [0.1, 0.15) is 12.3 Å². The van der Waals surface area contributed by atoms with E-state index >= 15 is 0 Å². The van der Waals surface area contributed by atoms with Crippen LogP contribution in [0.25, 0.3) is 11.4 Å². The van der Waals surface area contributed by atoms with Gasteiger partial charge in [0.25, 0.3) is 0 Å². The van der Waals surface area contributed by atoms with Crippen molar-refractivity contribution in [3.8, 4) is 11.4 Å². The number of benzene rings is 1. The van der Waals surface area contributed by atoms with Crippen molar-refractivity contribution in [1.82, 2.24) is 10.1 Å². The second-order valence-corrected chi connectivity index (χ2v) is 6.82. The van der Waals surface area contributed by atoms with Gasteiger partial charge in [-0.15, -0.1) is 0 Å². The number of aryl methyl sites for hydroxylation is 1. The zero-order valence-electron chi connectivity index (χ0n) is 13.8. The summed E-state index contributed by atoms with van der Waals surface area (Å²) in [6.45, 7) is 0. The Morgan fingerprint density at radius 3 is 2.88 bits per heavy atom. The van der Waals surface area contributed by atoms with Gasteiger partial charge in [-0.25, -0.2) is 0 Å². The number of rotatable bonds is 6. The molecule has 2 aromatic heterocycles. The maximum atomic E-state index is 12.1. The van der Waals surface area contributed by atoms with Gasteiger partial charge in [0, 0.05) is 43.6 Å². The van der Waals surface area contributed by atoms with Gasteiger partial charge in [-0.05, 0) is 29.6 Å². The number of hydrogen-bond acceptors (Lipinski definition) is 6. The molecule has 0 aliphatic heterocycles. The lowest BCUT2D eigenvalue weighted by Crippen LogP contribution is -2.13. The molecule has 0 aliphatic carbocycles. The highest BCUT2D eigenvalue weighted by Gasteiger charge is 2.12. The molecule has 8 heteroatoms. The molecule has 0 fully saturated rings. The Kier molecular flexibility index (Phi) is 5.35. The normalized spacial score (nSPS) is 10.7. The number of nitrogens with zero attached hydrogens (tertiary/aromatic N) is 3. The Morgan fingerprint density at radius 2 is 2.20 bits per heavy atom. The van der Waals surface area contributed by atoms with E-state index in [9.17, 15) is 4.79 Å². The quantitative estimate of drug-likeness (QED) is 0.701. The van der Waals surface area contributed by atoms with Gasteiger partial charge >= 0.3 is 0 Å². The van der Waals surface area contributed by atoms with Crippen LogP contribution in [0.3, 0.4) is 0 Å². The minimum atomic E-state index is -0.135. The molecule has 0 saturated carbocycles. The number of carbonyl (C=O) groups excluding carboxylic acids is 1. The van der Waals surface area contributed by atoms with Gasteiger partial charge in [-0.1, -0.05) is 16.8 Å². The summed E-state index contributed by atoms with van der Waals surface area (Å²) in [5, 5.41) is 11.2. The van der Waals surface area contributed by atoms with Gasteiger partial charge in [0.15, 0.2) is 0 Å². The van der Waals surface area contributed by atoms with Gasteiger partial charge < -0.3 is 14.7 Å². The summed E-state index contributed by atoms with van der Waals surface area (Å²) < 4.78 is 5.19. The first-order valence-electron chi connectivity index (χ1n) is 7.65. The molecule has 0 unspecified atom stereocenters. The lowest BCUT2D eigenvalue weighted by Gasteiger charge is -2.15. The Bertz CT molecular complexity index is 861. The molecule has 1 amide bonds. The summed E-state index contributed by atoms with van der Waals surface area (Å²) >= 11 is 7.77. The summed E-state index contributed by atoms with van der Waals surface area (Å²) in [6, 6.07) is 7.34. The van der Waals surface area contributed by atoms with Gasteiger partial charge in [0.2, 0.25) is 17.6 Å². The first-order valence-corrected chi connectivity index (χ1v) is 8.97. The predicted octanol–water partition coefficient (Wildman–Crippen LogP) is 4.09. The summed E-state index contributed by atoms with van der Waals surface area (Å²) in [5.41, 5.74) is 2.47. The molecule has 0 bridgehead atoms. The monoisotopic (exact) mass is 376 g/mol. The van der Waals surface area contributed by atoms with Gasteiger partial charge in [0.1, 0.15) is 0 Å². The summed E-state index contributed by atoms with van der Waals surface area (Å²) in [7, 11) is 3.82. The van der Waals surface area contributed by atoms with E-state index < -0.39 is 0 Å². The Morgan fingerprint density at radius 1 is 1.36 bits per heavy atom. The van der Waals surface area contributed by atoms with Crippen LogP contribution < -0.4 is 10.2 Å². The topological polar surface area (TPSA) is 71.3 Å². The van der Waals surface area contributed by atoms with Crippen molar-refractivity contribution in [1.29, 1.82) is 0 Å². The van der Waals surface area contributed by atoms with Crippen LogP contribution in [0, 0.1) is 0 Å². The van der Waals surface area contributed by atoms with Crippen LogP contribution in [-0.4, -0.2) is 30.1 Å². The van der Waals surface area contributed by atoms with Crippen molar-refractivity contribution in [2.45, 2.75) is 12.8 Å². The third-order valence-electron chi connectivity index (χ3n) is 3.53. The van der Waals surface area contributed by atoms with Crippen molar-refractivity contribution in [2.24, 2.45) is 0 Å². The third-order valence-corrected chi connectivity index (χ3v) is 4.51. The molecule has 0 saturated heterocycles. The molecule has 0 aliphatic rings. The van der Waals surface area contributed by atoms with Crippen molar-refractivity contribution in [2.75, 3.05) is 24.3 Å². The zero-order valence-corrected chi connectivity index (χ0v) is 15.4. The molecule has 3 rings (SSSR count). The van der Waals surface area contributed by atoms with E-state index in [1.165, 1.54) is 0 Å². The molecular weight excluding hydrogens is 360 g/mol. The lowest BCUT2D eigenvalue weighted by molar-refractivity contribution is -0.116. The standard InChI is InChI=1S/C17H17ClN4O2S/c1-22(2)14-4-3-12(9-13(14)18)19-15(23)5-6-16-20-17(21-24-16)11-7-8-25-10-11/h3-4,7-10H,5-6H2,1-2H3,(H,19,23). The Hall–Kier alpha value is -2.38. The van der Waals surface area contributed by atoms with E-state index in [-0.39, 0.29) is 12.3 Å². The van der Waals surface area contributed by atoms with E-state index in [0.717, 1.165) is 11.3 Å². The number of nitrogens with one attached hydrogen (secondary N) is 1. The average Bonchev–Trinajstić information content (AvgIpc) is 3.24. The summed E-state index contributed by atoms with van der Waals surface area (Å²) in [6.07, 6.45) is 0.630. The minimum absolute atomic E-state index is 0.135. The maximum Gasteiger partial charge on any atom is 0.227 e. The summed E-state index contributed by atoms with van der Waals surface area (Å²) in [4.78, 5) is 18.3. The zero-order chi connectivity index (χ0) is 17.8. The van der Waals surface area contributed by atoms with Crippen molar-refractivity contribution in [3.63, 3.8) is 0 Å². The fourth-order valence-electron chi connectivity index (χ4n) is 2.26. The SMILES string of the molecule is CN(C)c1ccc(NC(=O)CCc2nc(-c3ccsc3)no2)cc1Cl. The minimum Gasteiger partial charge on any atom is -0.376 e. The van der Waals surface area contributed by atoms with Gasteiger partial charge in [-0.3, -0.25) is 4.79 Å². The van der Waals surface area contributed by atoms with Crippen LogP contribution in [-0.2, 0) is 11.2 Å². The smallest absolute Gasteiger partial charge is 0.227 e. The first-order chi connectivity index (χ1) is 12.0. The van der Waals surface area contributed by atoms with E-state index in [2.05, 4.69) is 15.5 Å². The second kappa shape index (κ2) is 7.67. The number of carbonyl (C=O) groups is 1. The number of halogens is 1. The highest BCUT2D eigenvalue weighted by atomic mass is 35.5. The fraction of sp³-hybridized carbons (Fsp3) is 0.235. The fourth-order valence-corrected chi connectivity index (χ4v) is 3.24. The molecule has 25 heavy (non-hydrogen) atoms. The highest BCUT2D eigenvalue weighted by molar-refractivity contribution is 7.08. The largest absolute Gasteiger partial charge is 0.376 e. The van der Waals surface area contributed by atoms with Crippen LogP contribution in [0.5, 0.6) is 0 Å². The average molecular weight is 377 g/mol. The maximum absolute atomic E-state index is 12.1. The van der Waals surface area contributed by atoms with Gasteiger partial charge in [0.05, 0.1) is 10.7 Å². The molecule has 0 spiro atoms. The van der Waals surface area contributed by atoms with Crippen molar-refractivity contribution in [3.05, 3.63) is 45.9 Å². The molecule has 1 N–H and O–H groups in total. The van der Waals surface area contributed by atoms with Crippen LogP contribution in [0.4, 0.5) is 11.4 Å². The van der Waals surface area contributed by atoms with Crippen LogP contribution in [0.2, 0.25) is 5.02 Å². The molecule has 3 aromatic rings. The Balaban J connectivity index is 1.55. The van der Waals surface area contributed by atoms with Crippen molar-refractivity contribution < 1.29 is 9.32 Å². The number of amides is 1. The molecule has 1 aromatic carbocycles.